The van der Waals surface area contributed by atoms with Crippen LogP contribution in [0.15, 0.2) is 72.9 Å². The second-order valence-electron chi connectivity index (χ2n) is 17.8. The van der Waals surface area contributed by atoms with Gasteiger partial charge in [-0.05, 0) is 64.2 Å². The highest BCUT2D eigenvalue weighted by Crippen LogP contribution is 2.43. The monoisotopic (exact) mass is 891 g/mol. The number of likely N-dealkylation sites (N-methyl/N-ethyl adjacent to an activating group) is 1. The first-order valence-electron chi connectivity index (χ1n) is 25.2. The number of phosphoric acid groups is 1. The summed E-state index contributed by atoms with van der Waals surface area (Å²) >= 11 is 0. The summed E-state index contributed by atoms with van der Waals surface area (Å²) in [6, 6.07) is 0. The fourth-order valence-electron chi connectivity index (χ4n) is 6.67. The van der Waals surface area contributed by atoms with Crippen molar-refractivity contribution in [1.82, 2.24) is 0 Å². The summed E-state index contributed by atoms with van der Waals surface area (Å²) < 4.78 is 35.1. The number of ether oxygens (including phenoxy) is 2. The number of esters is 1. The first kappa shape index (κ1) is 59.9. The van der Waals surface area contributed by atoms with Crippen LogP contribution >= 0.6 is 7.82 Å². The van der Waals surface area contributed by atoms with Crippen LogP contribution in [0.4, 0.5) is 0 Å². The summed E-state index contributed by atoms with van der Waals surface area (Å²) in [6.07, 6.45) is 59.5. The minimum Gasteiger partial charge on any atom is -0.457 e. The molecule has 62 heavy (non-hydrogen) atoms. The third-order valence-electron chi connectivity index (χ3n) is 10.5. The molecule has 0 aliphatic heterocycles. The number of carbonyl (C=O) groups excluding carboxylic acids is 1. The van der Waals surface area contributed by atoms with Crippen LogP contribution in [0, 0.1) is 0 Å². The average molecular weight is 891 g/mol. The van der Waals surface area contributed by atoms with E-state index < -0.39 is 13.9 Å². The van der Waals surface area contributed by atoms with Crippen LogP contribution in [0.25, 0.3) is 0 Å². The summed E-state index contributed by atoms with van der Waals surface area (Å²) in [5.41, 5.74) is 0. The van der Waals surface area contributed by atoms with Gasteiger partial charge in [0, 0.05) is 13.0 Å². The van der Waals surface area contributed by atoms with Gasteiger partial charge in [-0.1, -0.05) is 202 Å². The first-order valence-corrected chi connectivity index (χ1v) is 26.7. The van der Waals surface area contributed by atoms with Crippen molar-refractivity contribution in [2.75, 3.05) is 54.1 Å². The predicted molar refractivity (Wildman–Crippen MR) is 265 cm³/mol. The Morgan fingerprint density at radius 1 is 0.516 bits per heavy atom. The van der Waals surface area contributed by atoms with Crippen LogP contribution in [0.5, 0.6) is 0 Å². The molecule has 0 bridgehead atoms. The van der Waals surface area contributed by atoms with Gasteiger partial charge in [0.25, 0.3) is 0 Å². The molecule has 0 rings (SSSR count). The minimum atomic E-state index is -4.29. The van der Waals surface area contributed by atoms with E-state index in [0.29, 0.717) is 24.1 Å². The molecule has 2 atom stereocenters. The number of hydrogen-bond acceptors (Lipinski definition) is 6. The number of rotatable bonds is 46. The van der Waals surface area contributed by atoms with E-state index in [-0.39, 0.29) is 32.2 Å². The first-order chi connectivity index (χ1) is 30.1. The average Bonchev–Trinajstić information content (AvgIpc) is 3.23. The zero-order valence-corrected chi connectivity index (χ0v) is 41.7. The smallest absolute Gasteiger partial charge is 0.457 e. The van der Waals surface area contributed by atoms with Gasteiger partial charge in [0.15, 0.2) is 0 Å². The number of quaternary nitrogens is 1. The Hall–Kier alpha value is -2.06. The van der Waals surface area contributed by atoms with Gasteiger partial charge < -0.3 is 18.9 Å². The number of carbonyl (C=O) groups is 1. The Labute approximate surface area is 383 Å². The summed E-state index contributed by atoms with van der Waals surface area (Å²) in [5.74, 6) is -0.354. The Kier molecular flexibility index (Phi) is 44.0. The third kappa shape index (κ3) is 49.0. The quantitative estimate of drug-likeness (QED) is 0.0214. The van der Waals surface area contributed by atoms with Crippen molar-refractivity contribution in [2.45, 2.75) is 206 Å². The lowest BCUT2D eigenvalue weighted by atomic mass is 10.0. The molecule has 0 aromatic carbocycles. The van der Waals surface area contributed by atoms with Crippen molar-refractivity contribution >= 4 is 13.8 Å². The van der Waals surface area contributed by atoms with E-state index in [1.54, 1.807) is 0 Å². The Balaban J connectivity index is 4.25. The van der Waals surface area contributed by atoms with Crippen molar-refractivity contribution in [2.24, 2.45) is 0 Å². The molecule has 0 heterocycles. The zero-order chi connectivity index (χ0) is 45.5. The summed E-state index contributed by atoms with van der Waals surface area (Å²) in [5, 5.41) is 0. The highest BCUT2D eigenvalue weighted by molar-refractivity contribution is 7.47. The normalized spacial score (nSPS) is 14.2. The molecule has 0 radical (unpaired) electrons. The van der Waals surface area contributed by atoms with Crippen LogP contribution in [-0.2, 0) is 27.9 Å². The largest absolute Gasteiger partial charge is 0.472 e. The fourth-order valence-corrected chi connectivity index (χ4v) is 7.42. The van der Waals surface area contributed by atoms with Crippen molar-refractivity contribution in [1.29, 1.82) is 0 Å². The molecule has 9 heteroatoms. The maximum atomic E-state index is 12.7. The van der Waals surface area contributed by atoms with Gasteiger partial charge in [-0.25, -0.2) is 4.57 Å². The van der Waals surface area contributed by atoms with E-state index in [2.05, 4.69) is 86.8 Å². The summed E-state index contributed by atoms with van der Waals surface area (Å²) in [7, 11) is 1.63. The van der Waals surface area contributed by atoms with Crippen molar-refractivity contribution in [3.63, 3.8) is 0 Å². The lowest BCUT2D eigenvalue weighted by molar-refractivity contribution is -0.870. The van der Waals surface area contributed by atoms with E-state index in [1.807, 2.05) is 21.1 Å². The second kappa shape index (κ2) is 45.5. The summed E-state index contributed by atoms with van der Waals surface area (Å²) in [4.78, 5) is 23.0. The Morgan fingerprint density at radius 3 is 1.37 bits per heavy atom. The molecule has 2 unspecified atom stereocenters. The van der Waals surface area contributed by atoms with E-state index in [1.165, 1.54) is 109 Å². The minimum absolute atomic E-state index is 0.0778. The van der Waals surface area contributed by atoms with Gasteiger partial charge in [-0.3, -0.25) is 13.8 Å². The van der Waals surface area contributed by atoms with Gasteiger partial charge in [-0.2, -0.15) is 0 Å². The Bertz CT molecular complexity index is 1220. The van der Waals surface area contributed by atoms with E-state index >= 15 is 0 Å². The van der Waals surface area contributed by atoms with Crippen LogP contribution in [0.2, 0.25) is 0 Å². The topological polar surface area (TPSA) is 91.3 Å². The van der Waals surface area contributed by atoms with Crippen molar-refractivity contribution in [3.8, 4) is 0 Å². The third-order valence-corrected chi connectivity index (χ3v) is 11.5. The molecule has 0 saturated heterocycles. The van der Waals surface area contributed by atoms with E-state index in [0.717, 1.165) is 64.2 Å². The molecule has 0 amide bonds. The predicted octanol–water partition coefficient (Wildman–Crippen LogP) is 15.4. The zero-order valence-electron chi connectivity index (χ0n) is 40.8. The molecule has 0 aromatic rings. The van der Waals surface area contributed by atoms with Crippen molar-refractivity contribution < 1.29 is 37.3 Å². The molecular weight excluding hydrogens is 794 g/mol. The van der Waals surface area contributed by atoms with E-state index in [4.69, 9.17) is 18.5 Å². The number of nitrogens with zero attached hydrogens (tertiary/aromatic N) is 1. The van der Waals surface area contributed by atoms with Crippen LogP contribution in [-0.4, -0.2) is 75.6 Å². The number of allylic oxidation sites excluding steroid dienone is 12. The molecule has 0 aliphatic rings. The van der Waals surface area contributed by atoms with Gasteiger partial charge in [0.2, 0.25) is 0 Å². The maximum Gasteiger partial charge on any atom is 0.472 e. The number of hydrogen-bond donors (Lipinski definition) is 1. The van der Waals surface area contributed by atoms with Crippen molar-refractivity contribution in [3.05, 3.63) is 72.9 Å². The molecule has 0 spiro atoms. The van der Waals surface area contributed by atoms with Gasteiger partial charge in [-0.15, -0.1) is 0 Å². The molecule has 0 fully saturated rings. The maximum absolute atomic E-state index is 12.7. The van der Waals surface area contributed by atoms with E-state index in [9.17, 15) is 14.3 Å². The number of unbranched alkanes of at least 4 members (excludes halogenated alkanes) is 20. The SMILES string of the molecule is CC/C=C\C/C=C\C/C=C\C/C=C\C/C=C\C/C=C\CCCCC(=O)OC(COCCCCCCCCCCCCCCCCCCCCC)COP(=O)(O)OCC[N+](C)(C)C. The molecule has 360 valence electrons. The van der Waals surface area contributed by atoms with Crippen LogP contribution < -0.4 is 0 Å². The second-order valence-corrected chi connectivity index (χ2v) is 19.3. The molecule has 0 aromatic heterocycles. The van der Waals surface area contributed by atoms with Gasteiger partial charge in [0.1, 0.15) is 19.3 Å². The lowest BCUT2D eigenvalue weighted by Gasteiger charge is -2.24. The van der Waals surface area contributed by atoms with Crippen LogP contribution in [0.1, 0.15) is 200 Å². The highest BCUT2D eigenvalue weighted by atomic mass is 31.2. The standard InChI is InChI=1S/C53H96NO7P/c1-6-8-10-12-14-16-18-20-22-24-26-27-28-30-32-34-36-38-40-42-44-46-53(55)61-52(51-60-62(56,57)59-49-47-54(3,4)5)50-58-48-45-43-41-39-37-35-33-31-29-25-23-21-19-17-15-13-11-9-7-2/h8,10,14,16,20,22,26-27,30,32,36,38,52H,6-7,9,11-13,15,17-19,21,23-25,28-29,31,33-35,37,39-51H2,1-5H3/p+1/b10-8-,16-14-,22-20-,27-26-,32-30-,38-36-. The lowest BCUT2D eigenvalue weighted by Crippen LogP contribution is -2.37. The molecular formula is C53H97NO7P+. The molecule has 0 aliphatic carbocycles. The molecule has 8 nitrogen and oxygen atoms in total. The highest BCUT2D eigenvalue weighted by Gasteiger charge is 2.26. The van der Waals surface area contributed by atoms with Gasteiger partial charge >= 0.3 is 13.8 Å². The fraction of sp³-hybridized carbons (Fsp3) is 0.755. The van der Waals surface area contributed by atoms with Crippen LogP contribution in [0.3, 0.4) is 0 Å². The van der Waals surface area contributed by atoms with Gasteiger partial charge in [0.05, 0.1) is 34.4 Å². The molecule has 1 N–H and O–H groups in total. The number of phosphoric ester groups is 1. The summed E-state index contributed by atoms with van der Waals surface area (Å²) in [6.45, 7) is 5.46. The molecule has 0 saturated carbocycles. The Morgan fingerprint density at radius 2 is 0.935 bits per heavy atom.